The van der Waals surface area contributed by atoms with Crippen LogP contribution in [0.3, 0.4) is 0 Å². The van der Waals surface area contributed by atoms with E-state index in [2.05, 4.69) is 20.3 Å². The van der Waals surface area contributed by atoms with E-state index in [1.807, 2.05) is 63.3 Å². The maximum atomic E-state index is 14.0. The molecular weight excluding hydrogens is 502 g/mol. The average Bonchev–Trinajstić information content (AvgIpc) is 3.66. The van der Waals surface area contributed by atoms with E-state index in [-0.39, 0.29) is 23.8 Å². The summed E-state index contributed by atoms with van der Waals surface area (Å²) >= 11 is 0. The molecule has 4 aliphatic rings. The summed E-state index contributed by atoms with van der Waals surface area (Å²) in [6, 6.07) is 5.49. The minimum atomic E-state index is -1.46. The molecule has 6 heterocycles. The molecule has 8 bridgehead atoms. The molecule has 2 unspecified atom stereocenters. The highest BCUT2D eigenvalue weighted by molar-refractivity contribution is 6.22. The van der Waals surface area contributed by atoms with Gasteiger partial charge in [-0.25, -0.2) is 4.99 Å². The largest absolute Gasteiger partial charge is 0.373 e. The first-order valence-corrected chi connectivity index (χ1v) is 13.2. The lowest BCUT2D eigenvalue weighted by molar-refractivity contribution is -0.126. The Morgan fingerprint density at radius 3 is 2.45 bits per heavy atom. The van der Waals surface area contributed by atoms with Crippen molar-refractivity contribution in [1.82, 2.24) is 15.3 Å². The summed E-state index contributed by atoms with van der Waals surface area (Å²) in [6.07, 6.45) is 17.4. The van der Waals surface area contributed by atoms with Gasteiger partial charge in [0.05, 0.1) is 29.0 Å². The maximum absolute atomic E-state index is 14.0. The number of aromatic nitrogens is 2. The zero-order valence-electron chi connectivity index (χ0n) is 22.8. The number of pyridine rings is 1. The number of rotatable bonds is 4. The number of hydrogen-bond donors (Lipinski definition) is 2. The smallest absolute Gasteiger partial charge is 0.176 e. The minimum absolute atomic E-state index is 0.0542. The van der Waals surface area contributed by atoms with Crippen molar-refractivity contribution in [2.24, 2.45) is 15.4 Å². The van der Waals surface area contributed by atoms with Crippen molar-refractivity contribution >= 4 is 40.9 Å². The molecule has 0 aromatic carbocycles. The third-order valence-corrected chi connectivity index (χ3v) is 7.84. The summed E-state index contributed by atoms with van der Waals surface area (Å²) in [4.78, 5) is 57.9. The van der Waals surface area contributed by atoms with Crippen molar-refractivity contribution in [3.63, 3.8) is 0 Å². The number of nitrogens with one attached hydrogen (secondary N) is 2. The number of aromatic amines is 1. The molecule has 0 radical (unpaired) electrons. The molecule has 1 saturated heterocycles. The molecular formula is C32H29N5O3. The van der Waals surface area contributed by atoms with E-state index in [0.717, 1.165) is 16.4 Å². The van der Waals surface area contributed by atoms with Crippen LogP contribution in [0.5, 0.6) is 0 Å². The monoisotopic (exact) mass is 531 g/mol. The second-order valence-corrected chi connectivity index (χ2v) is 11.3. The molecule has 0 amide bonds. The number of H-pyrrole nitrogens is 1. The van der Waals surface area contributed by atoms with Crippen LogP contribution < -0.4 is 16.0 Å². The van der Waals surface area contributed by atoms with Crippen molar-refractivity contribution in [2.75, 3.05) is 0 Å². The Kier molecular flexibility index (Phi) is 5.69. The van der Waals surface area contributed by atoms with Crippen molar-refractivity contribution < 1.29 is 14.4 Å². The first-order chi connectivity index (χ1) is 19.0. The van der Waals surface area contributed by atoms with E-state index in [9.17, 15) is 14.4 Å². The van der Waals surface area contributed by atoms with Crippen LogP contribution in [0.2, 0.25) is 0 Å². The number of allylic oxidation sites excluding steroid dienone is 4. The van der Waals surface area contributed by atoms with Gasteiger partial charge in [-0.05, 0) is 100 Å². The zero-order valence-corrected chi connectivity index (χ0v) is 22.8. The minimum Gasteiger partial charge on any atom is -0.373 e. The van der Waals surface area contributed by atoms with Crippen LogP contribution >= 0.6 is 0 Å². The topological polar surface area (TPSA) is 117 Å². The molecule has 2 aromatic heterocycles. The van der Waals surface area contributed by atoms with Gasteiger partial charge in [-0.1, -0.05) is 0 Å². The van der Waals surface area contributed by atoms with Crippen LogP contribution in [-0.4, -0.2) is 49.8 Å². The quantitative estimate of drug-likeness (QED) is 0.465. The standard InChI is InChI=1S/C32H29N5O3/c1-19-18-33-12-10-25(19)26(38)15-28(39)32-11-9-23(36-32)14-22-6-5-20(34-22)13-21-7-8-24(35-21)16-31(4)29(40)30(2,3)27(17-32)37-31/h5-14,16-18,34,37H,15H2,1-4H3. The lowest BCUT2D eigenvalue weighted by atomic mass is 9.79. The Hall–Kier alpha value is -4.72. The molecule has 2 N–H and O–H groups in total. The summed E-state index contributed by atoms with van der Waals surface area (Å²) in [5.74, 6) is -0.740. The van der Waals surface area contributed by atoms with E-state index >= 15 is 0 Å². The van der Waals surface area contributed by atoms with Gasteiger partial charge in [-0.2, -0.15) is 0 Å². The summed E-state index contributed by atoms with van der Waals surface area (Å²) in [5.41, 5.74) is 0.276. The number of hydrogen-bond acceptors (Lipinski definition) is 7. The van der Waals surface area contributed by atoms with E-state index in [1.54, 1.807) is 43.6 Å². The highest BCUT2D eigenvalue weighted by atomic mass is 16.2. The van der Waals surface area contributed by atoms with Gasteiger partial charge in [0.25, 0.3) is 0 Å². The molecule has 8 nitrogen and oxygen atoms in total. The van der Waals surface area contributed by atoms with Gasteiger partial charge in [0, 0.05) is 34.4 Å². The zero-order chi connectivity index (χ0) is 28.3. The predicted molar refractivity (Wildman–Crippen MR) is 154 cm³/mol. The van der Waals surface area contributed by atoms with Gasteiger partial charge >= 0.3 is 0 Å². The third-order valence-electron chi connectivity index (χ3n) is 7.84. The Morgan fingerprint density at radius 1 is 0.950 bits per heavy atom. The van der Waals surface area contributed by atoms with Gasteiger partial charge in [0.1, 0.15) is 5.54 Å². The lowest BCUT2D eigenvalue weighted by Crippen LogP contribution is -2.41. The highest BCUT2D eigenvalue weighted by Gasteiger charge is 2.53. The fraction of sp³-hybridized carbons (Fsp3) is 0.250. The van der Waals surface area contributed by atoms with Gasteiger partial charge in [-0.15, -0.1) is 0 Å². The maximum Gasteiger partial charge on any atom is 0.176 e. The predicted octanol–water partition coefficient (Wildman–Crippen LogP) is 2.62. The normalized spacial score (nSPS) is 25.8. The van der Waals surface area contributed by atoms with Crippen LogP contribution in [-0.2, 0) is 9.59 Å². The number of fused-ring (bicyclic) bond motifs is 6. The number of carbonyl (C=O) groups is 3. The molecule has 0 aliphatic carbocycles. The van der Waals surface area contributed by atoms with Gasteiger partial charge < -0.3 is 10.3 Å². The van der Waals surface area contributed by atoms with Crippen LogP contribution in [0.1, 0.15) is 43.1 Å². The second kappa shape index (κ2) is 8.91. The van der Waals surface area contributed by atoms with E-state index in [0.29, 0.717) is 28.2 Å². The summed E-state index contributed by atoms with van der Waals surface area (Å²) in [7, 11) is 0. The number of carbonyl (C=O) groups excluding carboxylic acids is 3. The molecule has 1 fully saturated rings. The summed E-state index contributed by atoms with van der Waals surface area (Å²) in [5, 5.41) is 5.05. The number of aliphatic imine (C=N–C) groups is 2. The van der Waals surface area contributed by atoms with E-state index in [1.165, 1.54) is 0 Å². The second-order valence-electron chi connectivity index (χ2n) is 11.3. The van der Waals surface area contributed by atoms with E-state index < -0.39 is 16.5 Å². The van der Waals surface area contributed by atoms with Gasteiger partial charge in [0.15, 0.2) is 22.9 Å². The number of nitrogens with zero attached hydrogens (tertiary/aromatic N) is 3. The Labute approximate surface area is 231 Å². The van der Waals surface area contributed by atoms with Gasteiger partial charge in [0.2, 0.25) is 0 Å². The molecule has 6 rings (SSSR count). The van der Waals surface area contributed by atoms with Gasteiger partial charge in [-0.3, -0.25) is 24.4 Å². The summed E-state index contributed by atoms with van der Waals surface area (Å²) in [6.45, 7) is 7.27. The van der Waals surface area contributed by atoms with Crippen molar-refractivity contribution in [1.29, 1.82) is 0 Å². The van der Waals surface area contributed by atoms with Crippen molar-refractivity contribution in [3.05, 3.63) is 100 Å². The number of Topliss-reactive ketones (excluding diaryl/α,β-unsaturated/α-hetero) is 3. The number of ketones is 3. The molecule has 200 valence electrons. The Bertz CT molecular complexity index is 1810. The summed E-state index contributed by atoms with van der Waals surface area (Å²) < 4.78 is 0. The molecule has 4 aliphatic heterocycles. The Balaban J connectivity index is 1.51. The lowest BCUT2D eigenvalue weighted by Gasteiger charge is -2.24. The van der Waals surface area contributed by atoms with Crippen LogP contribution in [0.25, 0.3) is 12.2 Å². The number of aryl methyl sites for hydroxylation is 1. The fourth-order valence-corrected chi connectivity index (χ4v) is 5.64. The average molecular weight is 532 g/mol. The third kappa shape index (κ3) is 4.25. The first kappa shape index (κ1) is 25.6. The SMILES string of the molecule is Cc1cnccc1C(=O)CC(=O)C12C=CC(=N1)C=c1ccc([nH]1)=CC1=NC(=CC3(C)NC(=C2)C(C)(C)C3=O)C=C1. The highest BCUT2D eigenvalue weighted by Crippen LogP contribution is 2.42. The molecule has 8 heteroatoms. The molecule has 2 aromatic rings. The van der Waals surface area contributed by atoms with Crippen LogP contribution in [0.15, 0.2) is 88.4 Å². The molecule has 0 saturated carbocycles. The Morgan fingerprint density at radius 2 is 1.70 bits per heavy atom. The molecule has 40 heavy (non-hydrogen) atoms. The molecule has 0 spiro atoms. The van der Waals surface area contributed by atoms with Crippen molar-refractivity contribution in [3.8, 4) is 0 Å². The first-order valence-electron chi connectivity index (χ1n) is 13.2. The van der Waals surface area contributed by atoms with Crippen LogP contribution in [0, 0.1) is 12.3 Å². The fourth-order valence-electron chi connectivity index (χ4n) is 5.64. The van der Waals surface area contributed by atoms with E-state index in [4.69, 9.17) is 4.99 Å². The van der Waals surface area contributed by atoms with Crippen LogP contribution in [0.4, 0.5) is 0 Å². The molecule has 2 atom stereocenters. The van der Waals surface area contributed by atoms with Crippen molar-refractivity contribution in [2.45, 2.75) is 45.2 Å².